The molecule has 2 aromatic carbocycles. The maximum Gasteiger partial charge on any atom is 0.306 e. The van der Waals surface area contributed by atoms with Crippen molar-refractivity contribution in [3.63, 3.8) is 0 Å². The van der Waals surface area contributed by atoms with Gasteiger partial charge in [0.05, 0.1) is 38.7 Å². The lowest BCUT2D eigenvalue weighted by Crippen LogP contribution is -2.36. The van der Waals surface area contributed by atoms with E-state index in [0.29, 0.717) is 69.2 Å². The van der Waals surface area contributed by atoms with Crippen LogP contribution in [0.4, 0.5) is 11.4 Å². The highest BCUT2D eigenvalue weighted by Gasteiger charge is 2.31. The molecule has 1 fully saturated rings. The zero-order valence-corrected chi connectivity index (χ0v) is 32.1. The van der Waals surface area contributed by atoms with Gasteiger partial charge < -0.3 is 24.9 Å². The van der Waals surface area contributed by atoms with E-state index in [1.807, 2.05) is 35.4 Å². The van der Waals surface area contributed by atoms with Gasteiger partial charge in [0, 0.05) is 88.2 Å². The van der Waals surface area contributed by atoms with Crippen molar-refractivity contribution >= 4 is 52.4 Å². The second kappa shape index (κ2) is 15.3. The smallest absolute Gasteiger partial charge is 0.306 e. The van der Waals surface area contributed by atoms with Crippen LogP contribution < -0.4 is 10.6 Å². The fourth-order valence-electron chi connectivity index (χ4n) is 8.12. The molecule has 0 saturated heterocycles. The summed E-state index contributed by atoms with van der Waals surface area (Å²) < 4.78 is 3.73. The number of anilines is 2. The Morgan fingerprint density at radius 2 is 1.30 bits per heavy atom. The average molecular weight is 762 g/mol. The Hall–Kier alpha value is -4.23. The number of carbonyl (C=O) groups is 3. The van der Waals surface area contributed by atoms with Gasteiger partial charge in [-0.15, -0.1) is 0 Å². The molecule has 4 heterocycles. The highest BCUT2D eigenvalue weighted by atomic mass is 35.5. The van der Waals surface area contributed by atoms with E-state index in [-0.39, 0.29) is 17.7 Å². The number of carboxylic acids is 1. The number of aliphatic carboxylic acids is 1. The van der Waals surface area contributed by atoms with Crippen LogP contribution in [-0.4, -0.2) is 77.5 Å². The number of halogens is 2. The van der Waals surface area contributed by atoms with Crippen molar-refractivity contribution in [2.24, 2.45) is 25.9 Å². The zero-order valence-electron chi connectivity index (χ0n) is 30.6. The van der Waals surface area contributed by atoms with Crippen LogP contribution in [0.25, 0.3) is 11.1 Å². The number of imidazole rings is 2. The normalized spacial score (nSPS) is 19.2. The molecular formula is C39H46Cl2N8O4. The summed E-state index contributed by atoms with van der Waals surface area (Å²) in [6.07, 6.45) is 4.91. The van der Waals surface area contributed by atoms with E-state index >= 15 is 0 Å². The highest BCUT2D eigenvalue weighted by Crippen LogP contribution is 2.40. The van der Waals surface area contributed by atoms with Crippen LogP contribution in [-0.2, 0) is 44.8 Å². The molecule has 7 rings (SSSR count). The molecule has 3 N–H and O–H groups in total. The third-order valence-corrected chi connectivity index (χ3v) is 12.1. The molecule has 3 aliphatic rings. The molecular weight excluding hydrogens is 715 g/mol. The van der Waals surface area contributed by atoms with Crippen molar-refractivity contribution in [1.82, 2.24) is 28.9 Å². The number of amides is 2. The van der Waals surface area contributed by atoms with E-state index in [2.05, 4.69) is 34.3 Å². The predicted octanol–water partition coefficient (Wildman–Crippen LogP) is 6.65. The van der Waals surface area contributed by atoms with Crippen LogP contribution in [0.3, 0.4) is 0 Å². The van der Waals surface area contributed by atoms with Gasteiger partial charge in [-0.25, -0.2) is 9.97 Å². The van der Waals surface area contributed by atoms with Gasteiger partial charge >= 0.3 is 5.97 Å². The molecule has 1 aliphatic carbocycles. The largest absolute Gasteiger partial charge is 0.481 e. The predicted molar refractivity (Wildman–Crippen MR) is 206 cm³/mol. The fourth-order valence-corrected chi connectivity index (χ4v) is 8.67. The van der Waals surface area contributed by atoms with E-state index in [0.717, 1.165) is 80.9 Å². The lowest BCUT2D eigenvalue weighted by atomic mass is 9.81. The van der Waals surface area contributed by atoms with E-state index < -0.39 is 5.97 Å². The number of rotatable bonds is 9. The summed E-state index contributed by atoms with van der Waals surface area (Å²) in [5.74, 6) is -0.533. The lowest BCUT2D eigenvalue weighted by molar-refractivity contribution is -0.143. The van der Waals surface area contributed by atoms with Crippen LogP contribution in [0.5, 0.6) is 0 Å². The number of hydrogen-bond donors (Lipinski definition) is 3. The number of carboxylic acid groups (broad SMARTS) is 1. The summed E-state index contributed by atoms with van der Waals surface area (Å²) in [5, 5.41) is 15.9. The summed E-state index contributed by atoms with van der Waals surface area (Å²) in [6.45, 7) is 8.36. The molecule has 0 unspecified atom stereocenters. The summed E-state index contributed by atoms with van der Waals surface area (Å²) in [5.41, 5.74) is 5.94. The Balaban J connectivity index is 1.04. The SMILES string of the molecule is CC(C)N1CCc2c(nc(C(=O)Nc3cccc(-c4cccc(NC(=O)c5nc6c(n5C)CCN(CC5CCC(C(=O)O)CC5)C6)c4Cl)c3Cl)n2C)C1. The minimum atomic E-state index is -0.685. The first-order chi connectivity index (χ1) is 25.4. The number of aromatic nitrogens is 4. The van der Waals surface area contributed by atoms with Crippen LogP contribution in [0, 0.1) is 11.8 Å². The van der Waals surface area contributed by atoms with Gasteiger partial charge in [0.25, 0.3) is 11.8 Å². The number of hydrogen-bond acceptors (Lipinski definition) is 7. The number of carbonyl (C=O) groups excluding carboxylic acids is 2. The van der Waals surface area contributed by atoms with Gasteiger partial charge in [0.1, 0.15) is 0 Å². The second-order valence-corrected chi connectivity index (χ2v) is 15.6. The first-order valence-corrected chi connectivity index (χ1v) is 19.1. The van der Waals surface area contributed by atoms with Crippen LogP contribution in [0.15, 0.2) is 36.4 Å². The van der Waals surface area contributed by atoms with E-state index in [1.54, 1.807) is 24.3 Å². The summed E-state index contributed by atoms with van der Waals surface area (Å²) in [6, 6.07) is 11.1. The van der Waals surface area contributed by atoms with Crippen LogP contribution in [0.2, 0.25) is 10.0 Å². The van der Waals surface area contributed by atoms with Gasteiger partial charge in [0.2, 0.25) is 0 Å². The molecule has 0 spiro atoms. The van der Waals surface area contributed by atoms with Crippen LogP contribution in [0.1, 0.15) is 83.5 Å². The molecule has 0 radical (unpaired) electrons. The summed E-state index contributed by atoms with van der Waals surface area (Å²) >= 11 is 13.9. The Morgan fingerprint density at radius 1 is 0.792 bits per heavy atom. The maximum atomic E-state index is 13.7. The topological polar surface area (TPSA) is 138 Å². The minimum absolute atomic E-state index is 0.222. The third kappa shape index (κ3) is 7.47. The van der Waals surface area contributed by atoms with E-state index in [1.165, 1.54) is 0 Å². The first-order valence-electron chi connectivity index (χ1n) is 18.4. The van der Waals surface area contributed by atoms with Crippen LogP contribution >= 0.6 is 23.2 Å². The first kappa shape index (κ1) is 37.1. The van der Waals surface area contributed by atoms with Crippen molar-refractivity contribution in [3.05, 3.63) is 80.9 Å². The second-order valence-electron chi connectivity index (χ2n) is 14.9. The van der Waals surface area contributed by atoms with E-state index in [4.69, 9.17) is 33.2 Å². The quantitative estimate of drug-likeness (QED) is 0.173. The molecule has 2 amide bonds. The molecule has 53 heavy (non-hydrogen) atoms. The molecule has 2 aliphatic heterocycles. The standard InChI is InChI=1S/C39H46Cl2N8O4/c1-22(2)49-18-16-32-30(21-49)43-36(47(32)4)38(51)45-28-10-6-8-26(34(28)41)25-7-5-9-27(33(25)40)44-37(50)35-42-29-20-48(17-15-31(29)46(35)3)19-23-11-13-24(14-12-23)39(52)53/h5-10,22-24H,11-21H2,1-4H3,(H,44,50)(H,45,51)(H,52,53). The molecule has 14 heteroatoms. The fraction of sp³-hybridized carbons (Fsp3) is 0.462. The lowest BCUT2D eigenvalue weighted by Gasteiger charge is -2.33. The number of benzene rings is 2. The van der Waals surface area contributed by atoms with Crippen molar-refractivity contribution < 1.29 is 19.5 Å². The Morgan fingerprint density at radius 3 is 1.81 bits per heavy atom. The Kier molecular flexibility index (Phi) is 10.7. The third-order valence-electron chi connectivity index (χ3n) is 11.3. The molecule has 1 saturated carbocycles. The average Bonchev–Trinajstić information content (AvgIpc) is 3.65. The van der Waals surface area contributed by atoms with Gasteiger partial charge in [-0.05, 0) is 57.6 Å². The molecule has 12 nitrogen and oxygen atoms in total. The van der Waals surface area contributed by atoms with Gasteiger partial charge in [-0.3, -0.25) is 24.2 Å². The Bertz CT molecular complexity index is 2070. The molecule has 0 atom stereocenters. The molecule has 4 aromatic rings. The minimum Gasteiger partial charge on any atom is -0.481 e. The summed E-state index contributed by atoms with van der Waals surface area (Å²) in [7, 11) is 3.73. The highest BCUT2D eigenvalue weighted by molar-refractivity contribution is 6.40. The number of nitrogens with one attached hydrogen (secondary N) is 2. The monoisotopic (exact) mass is 760 g/mol. The van der Waals surface area contributed by atoms with Gasteiger partial charge in [-0.2, -0.15) is 0 Å². The van der Waals surface area contributed by atoms with Crippen molar-refractivity contribution in [2.45, 2.75) is 71.5 Å². The number of fused-ring (bicyclic) bond motifs is 2. The zero-order chi connectivity index (χ0) is 37.6. The van der Waals surface area contributed by atoms with Gasteiger partial charge in [-0.1, -0.05) is 47.5 Å². The number of nitrogens with zero attached hydrogens (tertiary/aromatic N) is 6. The maximum absolute atomic E-state index is 13.7. The van der Waals surface area contributed by atoms with Crippen molar-refractivity contribution in [2.75, 3.05) is 30.3 Å². The van der Waals surface area contributed by atoms with Crippen molar-refractivity contribution in [3.8, 4) is 11.1 Å². The molecule has 280 valence electrons. The molecule has 2 aromatic heterocycles. The molecule has 0 bridgehead atoms. The summed E-state index contributed by atoms with van der Waals surface area (Å²) in [4.78, 5) is 52.7. The Labute approximate surface area is 319 Å². The van der Waals surface area contributed by atoms with Crippen molar-refractivity contribution in [1.29, 1.82) is 0 Å². The van der Waals surface area contributed by atoms with Gasteiger partial charge in [0.15, 0.2) is 11.6 Å². The van der Waals surface area contributed by atoms with E-state index in [9.17, 15) is 19.5 Å².